The highest BCUT2D eigenvalue weighted by molar-refractivity contribution is 7.90. The maximum absolute atomic E-state index is 13.9. The van der Waals surface area contributed by atoms with E-state index in [-0.39, 0.29) is 33.9 Å². The Bertz CT molecular complexity index is 1540. The van der Waals surface area contributed by atoms with Crippen LogP contribution in [-0.2, 0) is 34.0 Å². The van der Waals surface area contributed by atoms with Crippen LogP contribution in [-0.4, -0.2) is 41.9 Å². The molecule has 0 saturated heterocycles. The van der Waals surface area contributed by atoms with Gasteiger partial charge in [-0.05, 0) is 48.2 Å². The van der Waals surface area contributed by atoms with Gasteiger partial charge in [0, 0.05) is 53.6 Å². The van der Waals surface area contributed by atoms with Crippen LogP contribution >= 0.6 is 0 Å². The summed E-state index contributed by atoms with van der Waals surface area (Å²) in [5.74, 6) is -0.824. The van der Waals surface area contributed by atoms with E-state index >= 15 is 0 Å². The van der Waals surface area contributed by atoms with Gasteiger partial charge in [0.1, 0.15) is 17.3 Å². The zero-order chi connectivity index (χ0) is 29.6. The quantitative estimate of drug-likeness (QED) is 0.230. The van der Waals surface area contributed by atoms with Gasteiger partial charge in [-0.25, -0.2) is 12.8 Å². The molecule has 0 amide bonds. The van der Waals surface area contributed by atoms with Crippen LogP contribution in [0.2, 0.25) is 0 Å². The minimum atomic E-state index is -3.39. The number of hydrogen-bond donors (Lipinski definition) is 1. The van der Waals surface area contributed by atoms with Gasteiger partial charge in [0.15, 0.2) is 15.6 Å². The van der Waals surface area contributed by atoms with Crippen molar-refractivity contribution in [1.29, 1.82) is 0 Å². The molecule has 2 aromatic carbocycles. The van der Waals surface area contributed by atoms with Crippen molar-refractivity contribution in [3.05, 3.63) is 87.1 Å². The number of ketones is 1. The molecule has 1 N–H and O–H groups in total. The number of aromatic nitrogens is 1. The number of nitrogens with zero attached hydrogens (tertiary/aromatic N) is 1. The van der Waals surface area contributed by atoms with Crippen molar-refractivity contribution in [3.8, 4) is 16.9 Å². The Balaban J connectivity index is 2.26. The predicted molar refractivity (Wildman–Crippen MR) is 156 cm³/mol. The number of hydrogen-bond acceptors (Lipinski definition) is 7. The maximum Gasteiger partial charge on any atom is 0.250 e. The van der Waals surface area contributed by atoms with Crippen LogP contribution in [0.15, 0.2) is 53.5 Å². The zero-order valence-corrected chi connectivity index (χ0v) is 25.0. The van der Waals surface area contributed by atoms with Crippen molar-refractivity contribution in [2.45, 2.75) is 45.4 Å². The molecule has 1 heterocycles. The van der Waals surface area contributed by atoms with Crippen LogP contribution in [0.3, 0.4) is 0 Å². The number of benzene rings is 2. The summed E-state index contributed by atoms with van der Waals surface area (Å²) in [5, 5.41) is 0. The third kappa shape index (κ3) is 7.60. The van der Waals surface area contributed by atoms with Crippen molar-refractivity contribution in [3.63, 3.8) is 0 Å². The summed E-state index contributed by atoms with van der Waals surface area (Å²) >= 11 is -1.35. The number of ether oxygens (including phenoxy) is 1. The van der Waals surface area contributed by atoms with Gasteiger partial charge in [0.05, 0.1) is 24.5 Å². The number of nitrogens with one attached hydrogen (secondary N) is 1. The molecule has 0 saturated carbocycles. The highest BCUT2D eigenvalue weighted by Gasteiger charge is 2.25. The van der Waals surface area contributed by atoms with Crippen molar-refractivity contribution in [2.24, 2.45) is 7.05 Å². The standard InChI is InChI=1S/C29H35FN2O6S2/c1-6-8-13-39(35)31-19(3)24-16-28(33)32(4)17-26(24)25-14-20(18-40(36,37)7-2)9-11-22(25)29(34)23-12-10-21(30)15-27(23)38-5/h9-12,14-17,19,31H,6-8,13,18H2,1-5H3/t19-,39?/m0/s1. The Labute approximate surface area is 237 Å². The molecule has 2 atom stereocenters. The Morgan fingerprint density at radius 3 is 2.48 bits per heavy atom. The van der Waals surface area contributed by atoms with Crippen LogP contribution < -0.4 is 15.0 Å². The SMILES string of the molecule is CCCC[S+]([O-])N[C@@H](C)c1cc(=O)n(C)cc1-c1cc(CS(=O)(=O)CC)ccc1C(=O)c1ccc(F)cc1OC. The number of aryl methyl sites for hydroxylation is 1. The third-order valence-electron chi connectivity index (χ3n) is 6.57. The number of rotatable bonds is 13. The van der Waals surface area contributed by atoms with Gasteiger partial charge in [-0.2, -0.15) is 0 Å². The minimum absolute atomic E-state index is 0.0502. The van der Waals surface area contributed by atoms with Crippen molar-refractivity contribution < 1.29 is 26.9 Å². The topological polar surface area (TPSA) is 118 Å². The van der Waals surface area contributed by atoms with Crippen LogP contribution in [0.1, 0.15) is 66.7 Å². The molecule has 0 aliphatic rings. The molecule has 0 aliphatic carbocycles. The number of halogens is 1. The largest absolute Gasteiger partial charge is 0.598 e. The number of pyridine rings is 1. The Hall–Kier alpha value is -2.99. The average molecular weight is 591 g/mol. The molecule has 216 valence electrons. The summed E-state index contributed by atoms with van der Waals surface area (Å²) in [5.41, 5.74) is 1.88. The lowest BCUT2D eigenvalue weighted by atomic mass is 9.89. The summed E-state index contributed by atoms with van der Waals surface area (Å²) in [6.07, 6.45) is 3.23. The average Bonchev–Trinajstić information content (AvgIpc) is 2.92. The fraction of sp³-hybridized carbons (Fsp3) is 0.379. The van der Waals surface area contributed by atoms with E-state index < -0.39 is 38.8 Å². The van der Waals surface area contributed by atoms with E-state index in [4.69, 9.17) is 4.74 Å². The smallest absolute Gasteiger partial charge is 0.250 e. The first-order chi connectivity index (χ1) is 18.9. The predicted octanol–water partition coefficient (Wildman–Crippen LogP) is 4.48. The van der Waals surface area contributed by atoms with Gasteiger partial charge in [0.25, 0.3) is 5.56 Å². The van der Waals surface area contributed by atoms with Gasteiger partial charge in [-0.1, -0.05) is 32.4 Å². The van der Waals surface area contributed by atoms with E-state index in [1.165, 1.54) is 29.9 Å². The van der Waals surface area contributed by atoms with Gasteiger partial charge < -0.3 is 13.9 Å². The molecule has 0 bridgehead atoms. The molecular weight excluding hydrogens is 555 g/mol. The van der Waals surface area contributed by atoms with Crippen LogP contribution in [0.5, 0.6) is 5.75 Å². The van der Waals surface area contributed by atoms with Gasteiger partial charge in [0.2, 0.25) is 0 Å². The molecule has 1 aromatic heterocycles. The first-order valence-corrected chi connectivity index (χ1v) is 16.1. The lowest BCUT2D eigenvalue weighted by Gasteiger charge is -2.22. The van der Waals surface area contributed by atoms with Crippen molar-refractivity contribution in [1.82, 2.24) is 9.29 Å². The Morgan fingerprint density at radius 1 is 1.12 bits per heavy atom. The lowest BCUT2D eigenvalue weighted by molar-refractivity contribution is 0.103. The number of methoxy groups -OCH3 is 1. The van der Waals surface area contributed by atoms with Crippen molar-refractivity contribution >= 4 is 27.0 Å². The molecule has 0 aliphatic heterocycles. The molecule has 8 nitrogen and oxygen atoms in total. The zero-order valence-electron chi connectivity index (χ0n) is 23.3. The maximum atomic E-state index is 13.9. The lowest BCUT2D eigenvalue weighted by Crippen LogP contribution is -2.30. The second-order valence-electron chi connectivity index (χ2n) is 9.56. The van der Waals surface area contributed by atoms with E-state index in [9.17, 15) is 27.0 Å². The van der Waals surface area contributed by atoms with E-state index in [2.05, 4.69) is 4.72 Å². The van der Waals surface area contributed by atoms with Crippen LogP contribution in [0.25, 0.3) is 11.1 Å². The first-order valence-electron chi connectivity index (χ1n) is 13.0. The molecule has 0 radical (unpaired) electrons. The van der Waals surface area contributed by atoms with E-state index in [0.717, 1.165) is 25.0 Å². The number of sulfone groups is 1. The van der Waals surface area contributed by atoms with Crippen LogP contribution in [0, 0.1) is 5.82 Å². The summed E-state index contributed by atoms with van der Waals surface area (Å²) in [7, 11) is -0.485. The second-order valence-corrected chi connectivity index (χ2v) is 13.3. The van der Waals surface area contributed by atoms with Crippen LogP contribution in [0.4, 0.5) is 4.39 Å². The van der Waals surface area contributed by atoms with Crippen molar-refractivity contribution in [2.75, 3.05) is 18.6 Å². The third-order valence-corrected chi connectivity index (χ3v) is 9.50. The highest BCUT2D eigenvalue weighted by Crippen LogP contribution is 2.34. The molecule has 3 aromatic rings. The van der Waals surface area contributed by atoms with Gasteiger partial charge in [-0.15, -0.1) is 4.72 Å². The molecule has 3 rings (SSSR count). The fourth-order valence-corrected chi connectivity index (χ4v) is 6.36. The summed E-state index contributed by atoms with van der Waals surface area (Å²) in [4.78, 5) is 26.6. The van der Waals surface area contributed by atoms with E-state index in [1.54, 1.807) is 39.2 Å². The molecule has 1 unspecified atom stereocenters. The number of carbonyl (C=O) groups is 1. The Morgan fingerprint density at radius 2 is 1.82 bits per heavy atom. The second kappa shape index (κ2) is 13.6. The Kier molecular flexibility index (Phi) is 10.7. The minimum Gasteiger partial charge on any atom is -0.598 e. The monoisotopic (exact) mass is 590 g/mol. The van der Waals surface area contributed by atoms with Gasteiger partial charge in [-0.3, -0.25) is 9.59 Å². The molecule has 11 heteroatoms. The normalized spacial score (nSPS) is 13.2. The summed E-state index contributed by atoms with van der Waals surface area (Å²) in [6, 6.07) is 9.23. The first kappa shape index (κ1) is 31.5. The fourth-order valence-electron chi connectivity index (χ4n) is 4.28. The molecule has 0 fully saturated rings. The molecule has 40 heavy (non-hydrogen) atoms. The summed E-state index contributed by atoms with van der Waals surface area (Å²) in [6.45, 7) is 5.34. The number of carbonyl (C=O) groups excluding carboxylic acids is 1. The summed E-state index contributed by atoms with van der Waals surface area (Å²) < 4.78 is 61.1. The van der Waals surface area contributed by atoms with E-state index in [0.29, 0.717) is 28.0 Å². The number of unbranched alkanes of at least 4 members (excludes halogenated alkanes) is 1. The molecular formula is C29H35FN2O6S2. The highest BCUT2D eigenvalue weighted by atomic mass is 32.2. The molecule has 0 spiro atoms. The van der Waals surface area contributed by atoms with E-state index in [1.807, 2.05) is 6.92 Å². The van der Waals surface area contributed by atoms with Gasteiger partial charge >= 0.3 is 0 Å².